The Labute approximate surface area is 128 Å². The second kappa shape index (κ2) is 4.67. The van der Waals surface area contributed by atoms with Gasteiger partial charge in [0.1, 0.15) is 5.60 Å². The molecule has 6 heteroatoms. The lowest BCUT2D eigenvalue weighted by molar-refractivity contribution is -0.406. The highest BCUT2D eigenvalue weighted by atomic mass is 16.7. The average Bonchev–Trinajstić information content (AvgIpc) is 2.43. The van der Waals surface area contributed by atoms with Crippen LogP contribution in [0.3, 0.4) is 0 Å². The molecule has 2 N–H and O–H groups in total. The lowest BCUT2D eigenvalue weighted by Crippen LogP contribution is -2.79. The van der Waals surface area contributed by atoms with Crippen molar-refractivity contribution in [3.05, 3.63) is 25.3 Å². The van der Waals surface area contributed by atoms with Gasteiger partial charge in [0.2, 0.25) is 0 Å². The molecule has 3 atom stereocenters. The molecule has 0 radical (unpaired) electrons. The van der Waals surface area contributed by atoms with Crippen LogP contribution >= 0.6 is 0 Å². The van der Waals surface area contributed by atoms with Crippen LogP contribution in [0.2, 0.25) is 0 Å². The summed E-state index contributed by atoms with van der Waals surface area (Å²) in [5.41, 5.74) is -3.05. The number of ether oxygens (including phenoxy) is 2. The second-order valence-corrected chi connectivity index (χ2v) is 6.70. The highest BCUT2D eigenvalue weighted by Gasteiger charge is 2.76. The smallest absolute Gasteiger partial charge is 0.332 e. The number of rotatable bonds is 4. The van der Waals surface area contributed by atoms with Gasteiger partial charge < -0.3 is 19.7 Å². The van der Waals surface area contributed by atoms with Crippen LogP contribution in [-0.4, -0.2) is 39.1 Å². The third-order valence-corrected chi connectivity index (χ3v) is 5.28. The third-order valence-electron chi connectivity index (χ3n) is 5.28. The molecule has 4 rings (SSSR count). The standard InChI is InChI=1S/C16H20O6/c1-3-12(17)21-15-8-10-5-11(9-15)7-14(19,6-10)16(15,20)22-13(18)4-2/h3-4,10-11,19-20H,1-2,5-9H2. The topological polar surface area (TPSA) is 93.1 Å². The van der Waals surface area contributed by atoms with Crippen LogP contribution in [0.15, 0.2) is 25.3 Å². The second-order valence-electron chi connectivity index (χ2n) is 6.70. The molecule has 22 heavy (non-hydrogen) atoms. The summed E-state index contributed by atoms with van der Waals surface area (Å²) >= 11 is 0. The minimum absolute atomic E-state index is 0.123. The van der Waals surface area contributed by atoms with Gasteiger partial charge in [-0.05, 0) is 43.9 Å². The van der Waals surface area contributed by atoms with Gasteiger partial charge in [-0.3, -0.25) is 0 Å². The van der Waals surface area contributed by atoms with Crippen LogP contribution in [0.1, 0.15) is 32.1 Å². The zero-order valence-corrected chi connectivity index (χ0v) is 12.3. The first-order valence-corrected chi connectivity index (χ1v) is 7.43. The van der Waals surface area contributed by atoms with Gasteiger partial charge in [-0.2, -0.15) is 0 Å². The molecule has 4 aliphatic rings. The first kappa shape index (κ1) is 15.2. The van der Waals surface area contributed by atoms with Crippen LogP contribution in [-0.2, 0) is 19.1 Å². The number of hydrogen-bond donors (Lipinski definition) is 2. The fourth-order valence-electron chi connectivity index (χ4n) is 4.74. The maximum absolute atomic E-state index is 11.8. The molecule has 4 saturated carbocycles. The molecule has 0 aromatic rings. The molecule has 4 fully saturated rings. The van der Waals surface area contributed by atoms with Gasteiger partial charge in [-0.15, -0.1) is 0 Å². The maximum Gasteiger partial charge on any atom is 0.332 e. The highest BCUT2D eigenvalue weighted by molar-refractivity contribution is 5.83. The summed E-state index contributed by atoms with van der Waals surface area (Å²) in [4.78, 5) is 23.4. The number of hydrogen-bond acceptors (Lipinski definition) is 6. The summed E-state index contributed by atoms with van der Waals surface area (Å²) in [5.74, 6) is -3.59. The molecule has 0 amide bonds. The predicted molar refractivity (Wildman–Crippen MR) is 75.3 cm³/mol. The molecule has 0 aromatic carbocycles. The molecule has 3 unspecified atom stereocenters. The summed E-state index contributed by atoms with van der Waals surface area (Å²) in [6.45, 7) is 6.66. The minimum atomic E-state index is -2.27. The van der Waals surface area contributed by atoms with Crippen molar-refractivity contribution in [2.75, 3.05) is 0 Å². The molecule has 0 saturated heterocycles. The van der Waals surface area contributed by atoms with Crippen molar-refractivity contribution in [2.45, 2.75) is 49.1 Å². The van der Waals surface area contributed by atoms with Gasteiger partial charge >= 0.3 is 11.9 Å². The first-order valence-electron chi connectivity index (χ1n) is 7.43. The maximum atomic E-state index is 11.8. The van der Waals surface area contributed by atoms with Gasteiger partial charge in [0, 0.05) is 12.2 Å². The van der Waals surface area contributed by atoms with E-state index >= 15 is 0 Å². The number of carbonyl (C=O) groups excluding carboxylic acids is 2. The summed E-state index contributed by atoms with van der Waals surface area (Å²) in [7, 11) is 0. The zero-order valence-electron chi connectivity index (χ0n) is 12.3. The normalized spacial score (nSPS) is 45.2. The van der Waals surface area contributed by atoms with Crippen molar-refractivity contribution in [2.24, 2.45) is 11.8 Å². The molecule has 4 aliphatic carbocycles. The predicted octanol–water partition coefficient (Wildman–Crippen LogP) is 0.827. The number of esters is 2. The first-order chi connectivity index (χ1) is 10.3. The lowest BCUT2D eigenvalue weighted by Gasteiger charge is -2.65. The Balaban J connectivity index is 2.06. The van der Waals surface area contributed by atoms with E-state index in [-0.39, 0.29) is 11.8 Å². The zero-order chi connectivity index (χ0) is 16.2. The van der Waals surface area contributed by atoms with Crippen molar-refractivity contribution < 1.29 is 29.3 Å². The van der Waals surface area contributed by atoms with E-state index in [1.165, 1.54) is 0 Å². The van der Waals surface area contributed by atoms with Crippen molar-refractivity contribution in [1.82, 2.24) is 0 Å². The van der Waals surface area contributed by atoms with E-state index in [0.717, 1.165) is 18.6 Å². The summed E-state index contributed by atoms with van der Waals surface area (Å²) in [6, 6.07) is 0. The summed E-state index contributed by atoms with van der Waals surface area (Å²) in [6.07, 6.45) is 4.17. The summed E-state index contributed by atoms with van der Waals surface area (Å²) in [5, 5.41) is 22.0. The Morgan fingerprint density at radius 1 is 0.955 bits per heavy atom. The van der Waals surface area contributed by atoms with Crippen LogP contribution in [0.25, 0.3) is 0 Å². The highest BCUT2D eigenvalue weighted by Crippen LogP contribution is 2.63. The Morgan fingerprint density at radius 2 is 1.45 bits per heavy atom. The van der Waals surface area contributed by atoms with Crippen LogP contribution in [0.4, 0.5) is 0 Å². The fraction of sp³-hybridized carbons (Fsp3) is 0.625. The van der Waals surface area contributed by atoms with Crippen molar-refractivity contribution >= 4 is 11.9 Å². The molecule has 120 valence electrons. The van der Waals surface area contributed by atoms with Gasteiger partial charge in [0.05, 0.1) is 0 Å². The Bertz CT molecular complexity index is 539. The van der Waals surface area contributed by atoms with E-state index in [4.69, 9.17) is 9.47 Å². The number of carbonyl (C=O) groups is 2. The molecule has 0 aromatic heterocycles. The van der Waals surface area contributed by atoms with Crippen LogP contribution in [0, 0.1) is 11.8 Å². The van der Waals surface area contributed by atoms with E-state index in [2.05, 4.69) is 13.2 Å². The van der Waals surface area contributed by atoms with Gasteiger partial charge in [0.25, 0.3) is 5.79 Å². The van der Waals surface area contributed by atoms with Crippen molar-refractivity contribution in [3.8, 4) is 0 Å². The Kier molecular flexibility index (Phi) is 3.23. The van der Waals surface area contributed by atoms with Gasteiger partial charge in [-0.1, -0.05) is 13.2 Å². The summed E-state index contributed by atoms with van der Waals surface area (Å²) < 4.78 is 10.6. The molecule has 4 bridgehead atoms. The fourth-order valence-corrected chi connectivity index (χ4v) is 4.74. The minimum Gasteiger partial charge on any atom is -0.449 e. The SMILES string of the molecule is C=CC(=O)OC12CC3CC(CC(O)(C3)C1(O)OC(=O)C=C)C2. The van der Waals surface area contributed by atoms with Gasteiger partial charge in [0.15, 0.2) is 5.60 Å². The van der Waals surface area contributed by atoms with E-state index in [0.29, 0.717) is 25.7 Å². The molecular weight excluding hydrogens is 288 g/mol. The Morgan fingerprint density at radius 3 is 1.95 bits per heavy atom. The monoisotopic (exact) mass is 308 g/mol. The van der Waals surface area contributed by atoms with Crippen LogP contribution < -0.4 is 0 Å². The number of aliphatic hydroxyl groups is 2. The van der Waals surface area contributed by atoms with E-state index in [1.807, 2.05) is 0 Å². The van der Waals surface area contributed by atoms with E-state index < -0.39 is 28.9 Å². The molecule has 0 spiro atoms. The quantitative estimate of drug-likeness (QED) is 0.454. The van der Waals surface area contributed by atoms with E-state index in [9.17, 15) is 19.8 Å². The molecule has 6 nitrogen and oxygen atoms in total. The van der Waals surface area contributed by atoms with E-state index in [1.54, 1.807) is 0 Å². The Hall–Kier alpha value is -1.66. The van der Waals surface area contributed by atoms with Crippen molar-refractivity contribution in [1.29, 1.82) is 0 Å². The van der Waals surface area contributed by atoms with Crippen LogP contribution in [0.5, 0.6) is 0 Å². The largest absolute Gasteiger partial charge is 0.449 e. The van der Waals surface area contributed by atoms with Crippen molar-refractivity contribution in [3.63, 3.8) is 0 Å². The third kappa shape index (κ3) is 1.87. The average molecular weight is 308 g/mol. The molecular formula is C16H20O6. The molecule has 0 heterocycles. The van der Waals surface area contributed by atoms with Gasteiger partial charge in [-0.25, -0.2) is 9.59 Å². The molecule has 0 aliphatic heterocycles. The lowest BCUT2D eigenvalue weighted by atomic mass is 9.49.